The van der Waals surface area contributed by atoms with Gasteiger partial charge in [-0.05, 0) is 65.4 Å². The molecule has 1 aliphatic rings. The van der Waals surface area contributed by atoms with Gasteiger partial charge in [-0.15, -0.1) is 0 Å². The molecule has 2 rings (SSSR count). The van der Waals surface area contributed by atoms with Crippen molar-refractivity contribution in [1.29, 1.82) is 0 Å². The van der Waals surface area contributed by atoms with Crippen molar-refractivity contribution < 1.29 is 9.47 Å². The Kier molecular flexibility index (Phi) is 9.58. The van der Waals surface area contributed by atoms with Crippen LogP contribution in [0.1, 0.15) is 58.6 Å². The SMILES string of the molecule is CCOc1cc2c(cc1CNC(=NC)NC(C)CCCN(CC)CC)OC(C)C2. The Labute approximate surface area is 177 Å². The summed E-state index contributed by atoms with van der Waals surface area (Å²) in [5.74, 6) is 2.72. The maximum Gasteiger partial charge on any atom is 0.191 e. The maximum atomic E-state index is 5.93. The van der Waals surface area contributed by atoms with Gasteiger partial charge < -0.3 is 25.0 Å². The van der Waals surface area contributed by atoms with Gasteiger partial charge in [-0.25, -0.2) is 0 Å². The van der Waals surface area contributed by atoms with Crippen LogP contribution in [0, 0.1) is 0 Å². The first-order valence-corrected chi connectivity index (χ1v) is 11.1. The summed E-state index contributed by atoms with van der Waals surface area (Å²) in [4.78, 5) is 6.85. The van der Waals surface area contributed by atoms with E-state index in [0.29, 0.717) is 19.2 Å². The largest absolute Gasteiger partial charge is 0.494 e. The van der Waals surface area contributed by atoms with Crippen LogP contribution in [-0.2, 0) is 13.0 Å². The van der Waals surface area contributed by atoms with E-state index in [1.165, 1.54) is 12.0 Å². The summed E-state index contributed by atoms with van der Waals surface area (Å²) in [5.41, 5.74) is 2.32. The fourth-order valence-corrected chi connectivity index (χ4v) is 3.75. The van der Waals surface area contributed by atoms with Gasteiger partial charge in [0.15, 0.2) is 5.96 Å². The number of benzene rings is 1. The second-order valence-corrected chi connectivity index (χ2v) is 7.77. The van der Waals surface area contributed by atoms with Crippen LogP contribution >= 0.6 is 0 Å². The minimum atomic E-state index is 0.231. The third kappa shape index (κ3) is 7.11. The van der Waals surface area contributed by atoms with Crippen LogP contribution in [0.15, 0.2) is 17.1 Å². The van der Waals surface area contributed by atoms with E-state index in [9.17, 15) is 0 Å². The highest BCUT2D eigenvalue weighted by molar-refractivity contribution is 5.80. The zero-order valence-electron chi connectivity index (χ0n) is 19.2. The lowest BCUT2D eigenvalue weighted by molar-refractivity contribution is 0.254. The lowest BCUT2D eigenvalue weighted by Crippen LogP contribution is -2.42. The van der Waals surface area contributed by atoms with E-state index in [1.54, 1.807) is 0 Å². The molecule has 0 aliphatic carbocycles. The summed E-state index contributed by atoms with van der Waals surface area (Å²) in [5, 5.41) is 6.94. The van der Waals surface area contributed by atoms with Gasteiger partial charge in [0.2, 0.25) is 0 Å². The number of nitrogens with one attached hydrogen (secondary N) is 2. The average molecular weight is 405 g/mol. The fraction of sp³-hybridized carbons (Fsp3) is 0.696. The second kappa shape index (κ2) is 11.9. The number of hydrogen-bond donors (Lipinski definition) is 2. The Hall–Kier alpha value is -1.95. The predicted molar refractivity (Wildman–Crippen MR) is 121 cm³/mol. The number of fused-ring (bicyclic) bond motifs is 1. The molecule has 0 fully saturated rings. The van der Waals surface area contributed by atoms with Crippen molar-refractivity contribution in [2.75, 3.05) is 33.3 Å². The first-order chi connectivity index (χ1) is 14.0. The molecule has 164 valence electrons. The zero-order chi connectivity index (χ0) is 21.2. The van der Waals surface area contributed by atoms with Gasteiger partial charge in [0.05, 0.1) is 6.61 Å². The first-order valence-electron chi connectivity index (χ1n) is 11.1. The fourth-order valence-electron chi connectivity index (χ4n) is 3.75. The molecule has 6 nitrogen and oxygen atoms in total. The smallest absolute Gasteiger partial charge is 0.191 e. The van der Waals surface area contributed by atoms with Crippen LogP contribution in [-0.4, -0.2) is 56.3 Å². The molecule has 6 heteroatoms. The van der Waals surface area contributed by atoms with E-state index >= 15 is 0 Å². The zero-order valence-corrected chi connectivity index (χ0v) is 19.2. The summed E-state index contributed by atoms with van der Waals surface area (Å²) >= 11 is 0. The van der Waals surface area contributed by atoms with Crippen molar-refractivity contribution in [1.82, 2.24) is 15.5 Å². The summed E-state index contributed by atoms with van der Waals surface area (Å²) < 4.78 is 11.8. The highest BCUT2D eigenvalue weighted by Gasteiger charge is 2.22. The number of guanidine groups is 1. The van der Waals surface area contributed by atoms with E-state index in [1.807, 2.05) is 14.0 Å². The van der Waals surface area contributed by atoms with Gasteiger partial charge in [0.25, 0.3) is 0 Å². The van der Waals surface area contributed by atoms with Crippen LogP contribution in [0.2, 0.25) is 0 Å². The molecule has 0 saturated heterocycles. The van der Waals surface area contributed by atoms with Crippen molar-refractivity contribution in [2.24, 2.45) is 4.99 Å². The molecule has 0 amide bonds. The van der Waals surface area contributed by atoms with Gasteiger partial charge in [-0.2, -0.15) is 0 Å². The molecule has 1 aromatic carbocycles. The third-order valence-corrected chi connectivity index (χ3v) is 5.44. The molecular formula is C23H40N4O2. The summed E-state index contributed by atoms with van der Waals surface area (Å²) in [6.45, 7) is 15.5. The number of rotatable bonds is 11. The van der Waals surface area contributed by atoms with E-state index in [4.69, 9.17) is 9.47 Å². The van der Waals surface area contributed by atoms with Gasteiger partial charge in [0, 0.05) is 37.2 Å². The Bertz CT molecular complexity index is 659. The van der Waals surface area contributed by atoms with Gasteiger partial charge in [0.1, 0.15) is 17.6 Å². The molecule has 1 aromatic rings. The van der Waals surface area contributed by atoms with Crippen molar-refractivity contribution in [3.05, 3.63) is 23.3 Å². The highest BCUT2D eigenvalue weighted by atomic mass is 16.5. The molecule has 2 unspecified atom stereocenters. The normalized spacial score (nSPS) is 17.1. The topological polar surface area (TPSA) is 58.1 Å². The lowest BCUT2D eigenvalue weighted by atomic mass is 10.1. The Morgan fingerprint density at radius 3 is 2.72 bits per heavy atom. The standard InChI is InChI=1S/C23H40N4O2/c1-7-27(8-2)12-10-11-17(4)26-23(24-6)25-16-20-15-22-19(13-18(5)29-22)14-21(20)28-9-3/h14-15,17-18H,7-13,16H2,1-6H3,(H2,24,25,26). The summed E-state index contributed by atoms with van der Waals surface area (Å²) in [6.07, 6.45) is 3.47. The predicted octanol–water partition coefficient (Wildman–Crippen LogP) is 3.58. The van der Waals surface area contributed by atoms with E-state index in [0.717, 1.165) is 55.5 Å². The molecule has 0 bridgehead atoms. The highest BCUT2D eigenvalue weighted by Crippen LogP contribution is 2.35. The molecule has 2 N–H and O–H groups in total. The molecule has 29 heavy (non-hydrogen) atoms. The quantitative estimate of drug-likeness (QED) is 0.436. The van der Waals surface area contributed by atoms with Crippen LogP contribution in [0.3, 0.4) is 0 Å². The van der Waals surface area contributed by atoms with E-state index in [2.05, 4.69) is 60.4 Å². The summed E-state index contributed by atoms with van der Waals surface area (Å²) in [7, 11) is 1.81. The number of aliphatic imine (C=N–C) groups is 1. The Balaban J connectivity index is 1.89. The molecule has 0 saturated carbocycles. The molecule has 0 spiro atoms. The van der Waals surface area contributed by atoms with Crippen molar-refractivity contribution >= 4 is 5.96 Å². The Morgan fingerprint density at radius 1 is 1.31 bits per heavy atom. The first kappa shape index (κ1) is 23.3. The number of hydrogen-bond acceptors (Lipinski definition) is 4. The van der Waals surface area contributed by atoms with E-state index < -0.39 is 0 Å². The van der Waals surface area contributed by atoms with Crippen LogP contribution in [0.4, 0.5) is 0 Å². The van der Waals surface area contributed by atoms with Crippen molar-refractivity contribution in [3.8, 4) is 11.5 Å². The monoisotopic (exact) mass is 404 g/mol. The minimum absolute atomic E-state index is 0.231. The van der Waals surface area contributed by atoms with Gasteiger partial charge in [-0.1, -0.05) is 13.8 Å². The Morgan fingerprint density at radius 2 is 2.07 bits per heavy atom. The number of ether oxygens (including phenoxy) is 2. The lowest BCUT2D eigenvalue weighted by Gasteiger charge is -2.21. The molecule has 0 radical (unpaired) electrons. The van der Waals surface area contributed by atoms with Crippen LogP contribution in [0.25, 0.3) is 0 Å². The third-order valence-electron chi connectivity index (χ3n) is 5.44. The second-order valence-electron chi connectivity index (χ2n) is 7.77. The molecule has 2 atom stereocenters. The molecular weight excluding hydrogens is 364 g/mol. The van der Waals surface area contributed by atoms with Crippen LogP contribution < -0.4 is 20.1 Å². The molecule has 0 aromatic heterocycles. The number of nitrogens with zero attached hydrogens (tertiary/aromatic N) is 2. The summed E-state index contributed by atoms with van der Waals surface area (Å²) in [6, 6.07) is 4.61. The van der Waals surface area contributed by atoms with Gasteiger partial charge in [-0.3, -0.25) is 4.99 Å². The molecule has 1 heterocycles. The van der Waals surface area contributed by atoms with Gasteiger partial charge >= 0.3 is 0 Å². The van der Waals surface area contributed by atoms with Crippen molar-refractivity contribution in [3.63, 3.8) is 0 Å². The minimum Gasteiger partial charge on any atom is -0.494 e. The van der Waals surface area contributed by atoms with Crippen molar-refractivity contribution in [2.45, 2.75) is 72.6 Å². The molecule has 1 aliphatic heterocycles. The van der Waals surface area contributed by atoms with Crippen LogP contribution in [0.5, 0.6) is 11.5 Å². The maximum absolute atomic E-state index is 5.93. The average Bonchev–Trinajstić information content (AvgIpc) is 3.07. The van der Waals surface area contributed by atoms with E-state index in [-0.39, 0.29) is 6.10 Å².